The second kappa shape index (κ2) is 9.71. The molecular formula is C31H30FN3O3. The first-order valence-corrected chi connectivity index (χ1v) is 13.1. The van der Waals surface area contributed by atoms with Crippen LogP contribution in [0.2, 0.25) is 0 Å². The Morgan fingerprint density at radius 1 is 1.13 bits per heavy atom. The lowest BCUT2D eigenvalue weighted by Gasteiger charge is -2.30. The van der Waals surface area contributed by atoms with E-state index in [1.165, 1.54) is 37.8 Å². The van der Waals surface area contributed by atoms with Gasteiger partial charge in [0.05, 0.1) is 25.4 Å². The number of anilines is 1. The van der Waals surface area contributed by atoms with Crippen molar-refractivity contribution >= 4 is 45.3 Å². The van der Waals surface area contributed by atoms with Crippen LogP contribution in [0.4, 0.5) is 10.1 Å². The molecule has 2 fully saturated rings. The van der Waals surface area contributed by atoms with Gasteiger partial charge in [0.2, 0.25) is 5.91 Å². The lowest BCUT2D eigenvalue weighted by Crippen LogP contribution is -2.38. The maximum atomic E-state index is 14.9. The van der Waals surface area contributed by atoms with Gasteiger partial charge in [-0.05, 0) is 89.4 Å². The minimum atomic E-state index is -0.525. The molecule has 1 amide bonds. The maximum absolute atomic E-state index is 14.9. The number of aryl methyl sites for hydroxylation is 1. The van der Waals surface area contributed by atoms with E-state index in [9.17, 15) is 14.0 Å². The minimum absolute atomic E-state index is 0.0457. The Morgan fingerprint density at radius 2 is 2.00 bits per heavy atom. The van der Waals surface area contributed by atoms with Gasteiger partial charge in [0, 0.05) is 30.1 Å². The first-order valence-electron chi connectivity index (χ1n) is 13.1. The van der Waals surface area contributed by atoms with Crippen LogP contribution in [0, 0.1) is 23.6 Å². The summed E-state index contributed by atoms with van der Waals surface area (Å²) in [6.45, 7) is 0.316. The molecule has 194 valence electrons. The highest BCUT2D eigenvalue weighted by Crippen LogP contribution is 2.49. The number of nitrogens with zero attached hydrogens (tertiary/aromatic N) is 3. The molecule has 2 aliphatic carbocycles. The molecule has 1 aromatic heterocycles. The van der Waals surface area contributed by atoms with Crippen molar-refractivity contribution < 1.29 is 18.7 Å². The van der Waals surface area contributed by atoms with Gasteiger partial charge in [-0.25, -0.2) is 9.18 Å². The van der Waals surface area contributed by atoms with Crippen molar-refractivity contribution in [1.29, 1.82) is 0 Å². The third-order valence-electron chi connectivity index (χ3n) is 8.32. The van der Waals surface area contributed by atoms with Gasteiger partial charge in [0.1, 0.15) is 5.82 Å². The van der Waals surface area contributed by atoms with E-state index in [0.29, 0.717) is 29.6 Å². The van der Waals surface area contributed by atoms with Crippen molar-refractivity contribution in [2.24, 2.45) is 24.8 Å². The van der Waals surface area contributed by atoms with Crippen molar-refractivity contribution in [3.63, 3.8) is 0 Å². The van der Waals surface area contributed by atoms with E-state index >= 15 is 0 Å². The predicted octanol–water partition coefficient (Wildman–Crippen LogP) is 6.02. The number of methoxy groups -OCH3 is 1. The number of benzene rings is 3. The minimum Gasteiger partial charge on any atom is -0.466 e. The van der Waals surface area contributed by atoms with Crippen LogP contribution in [0.1, 0.15) is 36.8 Å². The van der Waals surface area contributed by atoms with Gasteiger partial charge >= 0.3 is 5.97 Å². The SMILES string of the molecule is COC(=O)/C=C/c1cc(F)cc(N(Cc2cccc3cc4cnn(C)c4cc23)C(=O)[C@@H]2C[C@@H]3CC[C@H]2C3)c1. The summed E-state index contributed by atoms with van der Waals surface area (Å²) in [5.41, 5.74) is 2.97. The fraction of sp³-hybridized carbons (Fsp3) is 0.323. The van der Waals surface area contributed by atoms with Crippen LogP contribution in [0.5, 0.6) is 0 Å². The van der Waals surface area contributed by atoms with Crippen molar-refractivity contribution in [3.8, 4) is 0 Å². The molecule has 0 unspecified atom stereocenters. The van der Waals surface area contributed by atoms with Crippen LogP contribution in [0.15, 0.2) is 60.8 Å². The standard InChI is InChI=1S/C31H30FN3O3/c1-34-29-16-27-21(14-24(29)17-33-34)4-3-5-23(27)18-35(31(37)28-13-19-6-8-22(28)10-19)26-12-20(11-25(32)15-26)7-9-30(36)38-2/h3-5,7,9,11-12,14-17,19,22,28H,6,8,10,13,18H2,1-2H3/b9-7+/t19-,22+,28-/m1/s1. The Labute approximate surface area is 220 Å². The smallest absolute Gasteiger partial charge is 0.330 e. The molecule has 2 saturated carbocycles. The summed E-state index contributed by atoms with van der Waals surface area (Å²) >= 11 is 0. The van der Waals surface area contributed by atoms with E-state index < -0.39 is 11.8 Å². The zero-order valence-electron chi connectivity index (χ0n) is 21.6. The Balaban J connectivity index is 1.43. The van der Waals surface area contributed by atoms with Gasteiger partial charge in [0.15, 0.2) is 0 Å². The van der Waals surface area contributed by atoms with E-state index in [-0.39, 0.29) is 11.8 Å². The summed E-state index contributed by atoms with van der Waals surface area (Å²) in [6.07, 6.45) is 8.89. The molecule has 2 aliphatic rings. The first-order chi connectivity index (χ1) is 18.4. The number of fused-ring (bicyclic) bond motifs is 4. The highest BCUT2D eigenvalue weighted by molar-refractivity contribution is 6.00. The van der Waals surface area contributed by atoms with Crippen LogP contribution in [0.25, 0.3) is 27.8 Å². The van der Waals surface area contributed by atoms with Crippen LogP contribution in [0.3, 0.4) is 0 Å². The summed E-state index contributed by atoms with van der Waals surface area (Å²) in [5.74, 6) is 0.00533. The average Bonchev–Trinajstić information content (AvgIpc) is 3.65. The molecule has 6 rings (SSSR count). The molecule has 3 aromatic carbocycles. The number of carbonyl (C=O) groups excluding carboxylic acids is 2. The topological polar surface area (TPSA) is 64.4 Å². The van der Waals surface area contributed by atoms with E-state index in [1.807, 2.05) is 30.1 Å². The number of rotatable bonds is 6. The van der Waals surface area contributed by atoms with Gasteiger partial charge in [-0.2, -0.15) is 5.10 Å². The number of aromatic nitrogens is 2. The first kappa shape index (κ1) is 24.3. The van der Waals surface area contributed by atoms with Crippen molar-refractivity contribution in [1.82, 2.24) is 9.78 Å². The average molecular weight is 512 g/mol. The normalized spacial score (nSPS) is 20.6. The number of hydrogen-bond acceptors (Lipinski definition) is 4. The third kappa shape index (κ3) is 4.46. The number of carbonyl (C=O) groups is 2. The maximum Gasteiger partial charge on any atom is 0.330 e. The highest BCUT2D eigenvalue weighted by atomic mass is 19.1. The molecule has 6 nitrogen and oxygen atoms in total. The quantitative estimate of drug-likeness (QED) is 0.235. The number of hydrogen-bond donors (Lipinski definition) is 0. The molecule has 7 heteroatoms. The summed E-state index contributed by atoms with van der Waals surface area (Å²) in [6, 6.07) is 14.8. The zero-order chi connectivity index (χ0) is 26.4. The Morgan fingerprint density at radius 3 is 2.76 bits per heavy atom. The van der Waals surface area contributed by atoms with Gasteiger partial charge in [-0.15, -0.1) is 0 Å². The molecule has 1 heterocycles. The monoisotopic (exact) mass is 511 g/mol. The Hall–Kier alpha value is -4.00. The van der Waals surface area contributed by atoms with Gasteiger partial charge in [-0.3, -0.25) is 9.48 Å². The zero-order valence-corrected chi connectivity index (χ0v) is 21.6. The van der Waals surface area contributed by atoms with Crippen molar-refractivity contribution in [2.45, 2.75) is 32.2 Å². The van der Waals surface area contributed by atoms with Crippen LogP contribution in [-0.4, -0.2) is 28.8 Å². The molecule has 4 aromatic rings. The number of halogens is 1. The van der Waals surface area contributed by atoms with E-state index in [4.69, 9.17) is 0 Å². The summed E-state index contributed by atoms with van der Waals surface area (Å²) in [4.78, 5) is 27.5. The van der Waals surface area contributed by atoms with E-state index in [0.717, 1.165) is 46.5 Å². The molecule has 0 spiro atoms. The fourth-order valence-corrected chi connectivity index (χ4v) is 6.42. The second-order valence-electron chi connectivity index (χ2n) is 10.6. The largest absolute Gasteiger partial charge is 0.466 e. The van der Waals surface area contributed by atoms with Crippen LogP contribution >= 0.6 is 0 Å². The number of esters is 1. The van der Waals surface area contributed by atoms with Gasteiger partial charge in [-0.1, -0.05) is 24.6 Å². The Kier molecular flexibility index (Phi) is 6.22. The molecule has 0 N–H and O–H groups in total. The van der Waals surface area contributed by atoms with Crippen molar-refractivity contribution in [2.75, 3.05) is 12.0 Å². The molecule has 2 bridgehead atoms. The molecule has 0 aliphatic heterocycles. The van der Waals surface area contributed by atoms with E-state index in [1.54, 1.807) is 11.0 Å². The van der Waals surface area contributed by atoms with Gasteiger partial charge < -0.3 is 9.64 Å². The second-order valence-corrected chi connectivity index (χ2v) is 10.6. The number of amides is 1. The summed E-state index contributed by atoms with van der Waals surface area (Å²) in [7, 11) is 3.21. The Bertz CT molecular complexity index is 1590. The summed E-state index contributed by atoms with van der Waals surface area (Å²) < 4.78 is 21.4. The number of ether oxygens (including phenoxy) is 1. The third-order valence-corrected chi connectivity index (χ3v) is 8.32. The lowest BCUT2D eigenvalue weighted by molar-refractivity contribution is -0.134. The highest BCUT2D eigenvalue weighted by Gasteiger charge is 2.44. The van der Waals surface area contributed by atoms with Gasteiger partial charge in [0.25, 0.3) is 0 Å². The lowest BCUT2D eigenvalue weighted by atomic mass is 9.87. The van der Waals surface area contributed by atoms with Crippen LogP contribution < -0.4 is 4.90 Å². The summed E-state index contributed by atoms with van der Waals surface area (Å²) in [5, 5.41) is 7.55. The molecule has 38 heavy (non-hydrogen) atoms. The predicted molar refractivity (Wildman–Crippen MR) is 146 cm³/mol. The molecular weight excluding hydrogens is 481 g/mol. The van der Waals surface area contributed by atoms with E-state index in [2.05, 4.69) is 28.0 Å². The molecule has 0 saturated heterocycles. The van der Waals surface area contributed by atoms with Crippen LogP contribution in [-0.2, 0) is 27.9 Å². The molecule has 3 atom stereocenters. The molecule has 0 radical (unpaired) electrons. The fourth-order valence-electron chi connectivity index (χ4n) is 6.42. The van der Waals surface area contributed by atoms with Crippen molar-refractivity contribution in [3.05, 3.63) is 77.7 Å².